The molecule has 2 nitrogen and oxygen atoms in total. The van der Waals surface area contributed by atoms with Crippen molar-refractivity contribution in [3.63, 3.8) is 0 Å². The lowest BCUT2D eigenvalue weighted by molar-refractivity contribution is 0.171. The van der Waals surface area contributed by atoms with Crippen molar-refractivity contribution >= 4 is 20.2 Å². The summed E-state index contributed by atoms with van der Waals surface area (Å²) in [7, 11) is -2.09. The van der Waals surface area contributed by atoms with Gasteiger partial charge in [0.1, 0.15) is 0 Å². The van der Waals surface area contributed by atoms with E-state index in [0.717, 1.165) is 25.7 Å². The Labute approximate surface area is 119 Å². The molecule has 1 fully saturated rings. The second-order valence-electron chi connectivity index (χ2n) is 5.19. The minimum Gasteiger partial charge on any atom is -0.394 e. The first kappa shape index (κ1) is 16.5. The largest absolute Gasteiger partial charge is 0.394 e. The van der Waals surface area contributed by atoms with Gasteiger partial charge in [0.05, 0.1) is 0 Å². The van der Waals surface area contributed by atoms with Crippen LogP contribution < -0.4 is 0 Å². The van der Waals surface area contributed by atoms with Gasteiger partial charge in [-0.25, -0.2) is 0 Å². The van der Waals surface area contributed by atoms with Crippen molar-refractivity contribution in [2.75, 3.05) is 13.2 Å². The summed E-state index contributed by atoms with van der Waals surface area (Å²) < 4.78 is 12.4. The van der Waals surface area contributed by atoms with Crippen molar-refractivity contribution in [1.82, 2.24) is 0 Å². The predicted octanol–water partition coefficient (Wildman–Crippen LogP) is 4.85. The van der Waals surface area contributed by atoms with Crippen LogP contribution in [0.4, 0.5) is 0 Å². The Morgan fingerprint density at radius 1 is 1.06 bits per heavy atom. The molecule has 0 heterocycles. The van der Waals surface area contributed by atoms with Gasteiger partial charge in [0.25, 0.3) is 0 Å². The van der Waals surface area contributed by atoms with Crippen LogP contribution in [0.5, 0.6) is 0 Å². The Hall–Kier alpha value is 0.427. The summed E-state index contributed by atoms with van der Waals surface area (Å²) in [6.45, 7) is 7.93. The molecule has 2 unspecified atom stereocenters. The Morgan fingerprint density at radius 2 is 1.72 bits per heavy atom. The van der Waals surface area contributed by atoms with E-state index in [4.69, 9.17) is 20.5 Å². The minimum absolute atomic E-state index is 0.274. The maximum absolute atomic E-state index is 6.52. The lowest BCUT2D eigenvalue weighted by Gasteiger charge is -2.36. The normalized spacial score (nSPS) is 24.7. The molecule has 0 aromatic rings. The fourth-order valence-corrected chi connectivity index (χ4v) is 8.21. The van der Waals surface area contributed by atoms with E-state index in [1.165, 1.54) is 32.1 Å². The van der Waals surface area contributed by atoms with Crippen molar-refractivity contribution in [2.24, 2.45) is 0 Å². The van der Waals surface area contributed by atoms with E-state index < -0.39 is 8.56 Å². The Morgan fingerprint density at radius 3 is 2.17 bits per heavy atom. The van der Waals surface area contributed by atoms with E-state index >= 15 is 0 Å². The van der Waals surface area contributed by atoms with Crippen LogP contribution in [-0.4, -0.2) is 27.2 Å². The zero-order valence-corrected chi connectivity index (χ0v) is 14.0. The highest BCUT2D eigenvalue weighted by molar-refractivity contribution is 6.70. The van der Waals surface area contributed by atoms with Crippen LogP contribution in [0.2, 0.25) is 11.6 Å². The van der Waals surface area contributed by atoms with Gasteiger partial charge < -0.3 is 8.85 Å². The molecule has 0 saturated heterocycles. The molecule has 1 saturated carbocycles. The van der Waals surface area contributed by atoms with E-state index in [0.29, 0.717) is 5.54 Å². The second kappa shape index (κ2) is 8.57. The molecule has 1 rings (SSSR count). The van der Waals surface area contributed by atoms with Crippen LogP contribution in [0, 0.1) is 0 Å². The predicted molar refractivity (Wildman–Crippen MR) is 80.6 cm³/mol. The molecule has 0 amide bonds. The molecule has 4 heteroatoms. The van der Waals surface area contributed by atoms with Gasteiger partial charge in [0.2, 0.25) is 0 Å². The van der Waals surface area contributed by atoms with Gasteiger partial charge >= 0.3 is 8.56 Å². The maximum Gasteiger partial charge on any atom is 0.342 e. The number of halogens is 1. The Kier molecular flexibility index (Phi) is 7.85. The fraction of sp³-hybridized carbons (Fsp3) is 1.00. The molecule has 0 aliphatic heterocycles. The second-order valence-corrected chi connectivity index (χ2v) is 9.19. The topological polar surface area (TPSA) is 18.5 Å². The maximum atomic E-state index is 6.52. The van der Waals surface area contributed by atoms with Gasteiger partial charge in [-0.15, -0.1) is 11.6 Å². The highest BCUT2D eigenvalue weighted by Gasteiger charge is 2.49. The summed E-state index contributed by atoms with van der Waals surface area (Å²) in [6.07, 6.45) is 7.32. The molecular formula is C14H29ClO2Si. The van der Waals surface area contributed by atoms with Crippen molar-refractivity contribution in [3.05, 3.63) is 0 Å². The van der Waals surface area contributed by atoms with Gasteiger partial charge in [-0.3, -0.25) is 0 Å². The number of alkyl halides is 1. The average molecular weight is 293 g/mol. The smallest absolute Gasteiger partial charge is 0.342 e. The summed E-state index contributed by atoms with van der Waals surface area (Å²) in [6, 6.07) is 1.12. The van der Waals surface area contributed by atoms with Crippen molar-refractivity contribution in [3.8, 4) is 0 Å². The first-order chi connectivity index (χ1) is 8.70. The van der Waals surface area contributed by atoms with Crippen molar-refractivity contribution in [1.29, 1.82) is 0 Å². The minimum atomic E-state index is -2.09. The zero-order valence-electron chi connectivity index (χ0n) is 12.2. The molecule has 0 aromatic heterocycles. The third kappa shape index (κ3) is 4.22. The number of hydrogen-bond acceptors (Lipinski definition) is 2. The van der Waals surface area contributed by atoms with Gasteiger partial charge in [-0.05, 0) is 32.7 Å². The lowest BCUT2D eigenvalue weighted by Crippen LogP contribution is -2.48. The van der Waals surface area contributed by atoms with E-state index in [1.54, 1.807) is 0 Å². The van der Waals surface area contributed by atoms with E-state index in [9.17, 15) is 0 Å². The SMILES string of the molecule is CCCCC[Si](OCC)(OCC)C1CCCC1Cl. The molecule has 0 bridgehead atoms. The van der Waals surface area contributed by atoms with Gasteiger partial charge in [-0.2, -0.15) is 0 Å². The zero-order chi connectivity index (χ0) is 13.4. The van der Waals surface area contributed by atoms with Crippen LogP contribution >= 0.6 is 11.6 Å². The summed E-state index contributed by atoms with van der Waals surface area (Å²) in [5.41, 5.74) is 0.496. The molecule has 18 heavy (non-hydrogen) atoms. The number of rotatable bonds is 9. The third-order valence-corrected chi connectivity index (χ3v) is 9.06. The Bertz CT molecular complexity index is 220. The first-order valence-corrected chi connectivity index (χ1v) is 10.2. The van der Waals surface area contributed by atoms with Crippen LogP contribution in [0.1, 0.15) is 59.3 Å². The molecule has 1 aliphatic rings. The molecule has 1 aliphatic carbocycles. The molecule has 0 aromatic carbocycles. The standard InChI is InChI=1S/C14H29ClO2Si/c1-4-7-8-12-18(16-5-2,17-6-3)14-11-9-10-13(14)15/h13-14H,4-12H2,1-3H3. The lowest BCUT2D eigenvalue weighted by atomic mass is 10.3. The van der Waals surface area contributed by atoms with E-state index in [-0.39, 0.29) is 5.38 Å². The monoisotopic (exact) mass is 292 g/mol. The summed E-state index contributed by atoms with van der Waals surface area (Å²) in [5, 5.41) is 0.274. The summed E-state index contributed by atoms with van der Waals surface area (Å²) in [4.78, 5) is 0. The van der Waals surface area contributed by atoms with Gasteiger partial charge in [0, 0.05) is 24.1 Å². The highest BCUT2D eigenvalue weighted by atomic mass is 35.5. The average Bonchev–Trinajstić information content (AvgIpc) is 2.77. The fourth-order valence-electron chi connectivity index (χ4n) is 3.11. The Balaban J connectivity index is 2.74. The van der Waals surface area contributed by atoms with E-state index in [1.807, 2.05) is 0 Å². The van der Waals surface area contributed by atoms with Crippen LogP contribution in [0.3, 0.4) is 0 Å². The number of unbranched alkanes of at least 4 members (excludes halogenated alkanes) is 2. The van der Waals surface area contributed by atoms with Crippen LogP contribution in [-0.2, 0) is 8.85 Å². The molecule has 0 N–H and O–H groups in total. The quantitative estimate of drug-likeness (QED) is 0.343. The molecule has 0 radical (unpaired) electrons. The number of hydrogen-bond donors (Lipinski definition) is 0. The van der Waals surface area contributed by atoms with Crippen molar-refractivity contribution in [2.45, 2.75) is 76.3 Å². The van der Waals surface area contributed by atoms with E-state index in [2.05, 4.69) is 20.8 Å². The van der Waals surface area contributed by atoms with Crippen molar-refractivity contribution < 1.29 is 8.85 Å². The molecule has 0 spiro atoms. The highest BCUT2D eigenvalue weighted by Crippen LogP contribution is 2.45. The van der Waals surface area contributed by atoms with Crippen LogP contribution in [0.25, 0.3) is 0 Å². The summed E-state index contributed by atoms with van der Waals surface area (Å²) in [5.74, 6) is 0. The van der Waals surface area contributed by atoms with Crippen LogP contribution in [0.15, 0.2) is 0 Å². The van der Waals surface area contributed by atoms with Gasteiger partial charge in [-0.1, -0.05) is 32.6 Å². The summed E-state index contributed by atoms with van der Waals surface area (Å²) >= 11 is 6.52. The third-order valence-electron chi connectivity index (χ3n) is 3.90. The first-order valence-electron chi connectivity index (χ1n) is 7.62. The van der Waals surface area contributed by atoms with Gasteiger partial charge in [0.15, 0.2) is 0 Å². The molecule has 108 valence electrons. The molecular weight excluding hydrogens is 264 g/mol. The molecule has 2 atom stereocenters.